The van der Waals surface area contributed by atoms with Gasteiger partial charge >= 0.3 is 0 Å². The standard InChI is InChI=1S/C25H20N6O4/c1-33-22-19(12-17(14-30-22)18-15-26-13-16-6-5-9-28-21(16)18)31-23(32)25(34-2,24-29-10-11-35-24)20-7-3-4-8-27-20/h3-15H,1-2H3,(H,31,32). The summed E-state index contributed by atoms with van der Waals surface area (Å²) in [4.78, 5) is 35.5. The van der Waals surface area contributed by atoms with E-state index in [2.05, 4.69) is 30.2 Å². The average Bonchev–Trinajstić information content (AvgIpc) is 3.45. The van der Waals surface area contributed by atoms with E-state index in [1.54, 1.807) is 55.2 Å². The first-order valence-electron chi connectivity index (χ1n) is 10.6. The molecule has 5 rings (SSSR count). The van der Waals surface area contributed by atoms with Crippen LogP contribution in [0.4, 0.5) is 5.69 Å². The molecule has 0 aliphatic rings. The molecule has 0 aromatic carbocycles. The predicted molar refractivity (Wildman–Crippen MR) is 126 cm³/mol. The van der Waals surface area contributed by atoms with Crippen LogP contribution in [0.1, 0.15) is 11.6 Å². The maximum Gasteiger partial charge on any atom is 0.272 e. The van der Waals surface area contributed by atoms with E-state index in [0.717, 1.165) is 16.5 Å². The molecule has 0 saturated heterocycles. The van der Waals surface area contributed by atoms with E-state index >= 15 is 0 Å². The molecule has 1 unspecified atom stereocenters. The van der Waals surface area contributed by atoms with E-state index < -0.39 is 11.5 Å². The maximum absolute atomic E-state index is 13.8. The molecule has 0 fully saturated rings. The van der Waals surface area contributed by atoms with E-state index in [1.807, 2.05) is 12.1 Å². The molecule has 5 aromatic heterocycles. The van der Waals surface area contributed by atoms with Crippen LogP contribution in [0.25, 0.3) is 22.0 Å². The SMILES string of the molecule is COc1ncc(-c2cncc3cccnc23)cc1NC(=O)C(OC)(c1ccccn1)c1ncco1. The lowest BCUT2D eigenvalue weighted by atomic mass is 9.96. The van der Waals surface area contributed by atoms with Crippen molar-refractivity contribution in [2.24, 2.45) is 0 Å². The van der Waals surface area contributed by atoms with Crippen LogP contribution in [0.5, 0.6) is 5.88 Å². The van der Waals surface area contributed by atoms with Crippen molar-refractivity contribution >= 4 is 22.5 Å². The Bertz CT molecular complexity index is 1470. The molecule has 5 aromatic rings. The van der Waals surface area contributed by atoms with Crippen molar-refractivity contribution in [3.63, 3.8) is 0 Å². The number of carbonyl (C=O) groups is 1. The predicted octanol–water partition coefficient (Wildman–Crippen LogP) is 3.61. The van der Waals surface area contributed by atoms with Gasteiger partial charge in [0.05, 0.1) is 24.5 Å². The largest absolute Gasteiger partial charge is 0.480 e. The van der Waals surface area contributed by atoms with Crippen LogP contribution in [0.15, 0.2) is 84.3 Å². The highest BCUT2D eigenvalue weighted by molar-refractivity contribution is 6.01. The van der Waals surface area contributed by atoms with Gasteiger partial charge in [0, 0.05) is 54.6 Å². The fraction of sp³-hybridized carbons (Fsp3) is 0.120. The number of nitrogens with one attached hydrogen (secondary N) is 1. The first-order chi connectivity index (χ1) is 17.2. The summed E-state index contributed by atoms with van der Waals surface area (Å²) in [6.07, 6.45) is 11.1. The van der Waals surface area contributed by atoms with E-state index in [9.17, 15) is 4.79 Å². The van der Waals surface area contributed by atoms with Crippen LogP contribution in [-0.4, -0.2) is 45.0 Å². The second kappa shape index (κ2) is 9.27. The van der Waals surface area contributed by atoms with Crippen LogP contribution in [-0.2, 0) is 15.1 Å². The first kappa shape index (κ1) is 22.1. The van der Waals surface area contributed by atoms with Crippen molar-refractivity contribution < 1.29 is 18.7 Å². The lowest BCUT2D eigenvalue weighted by molar-refractivity contribution is -0.136. The maximum atomic E-state index is 13.8. The number of rotatable bonds is 7. The van der Waals surface area contributed by atoms with Gasteiger partial charge in [-0.25, -0.2) is 9.97 Å². The zero-order valence-electron chi connectivity index (χ0n) is 18.9. The zero-order valence-corrected chi connectivity index (χ0v) is 18.9. The van der Waals surface area contributed by atoms with Crippen molar-refractivity contribution in [2.45, 2.75) is 5.60 Å². The third-order valence-electron chi connectivity index (χ3n) is 5.50. The molecular weight excluding hydrogens is 448 g/mol. The molecule has 0 bridgehead atoms. The van der Waals surface area contributed by atoms with Crippen LogP contribution in [0.3, 0.4) is 0 Å². The molecule has 0 aliphatic heterocycles. The third kappa shape index (κ3) is 3.85. The summed E-state index contributed by atoms with van der Waals surface area (Å²) in [5.41, 5.74) is 1.05. The number of methoxy groups -OCH3 is 2. The van der Waals surface area contributed by atoms with Crippen LogP contribution < -0.4 is 10.1 Å². The molecule has 0 saturated carbocycles. The minimum absolute atomic E-state index is 0.0294. The monoisotopic (exact) mass is 468 g/mol. The first-order valence-corrected chi connectivity index (χ1v) is 10.6. The Morgan fingerprint density at radius 3 is 2.60 bits per heavy atom. The van der Waals surface area contributed by atoms with Gasteiger partial charge in [-0.15, -0.1) is 0 Å². The van der Waals surface area contributed by atoms with Crippen LogP contribution >= 0.6 is 0 Å². The van der Waals surface area contributed by atoms with Crippen molar-refractivity contribution in [1.82, 2.24) is 24.9 Å². The molecule has 1 N–H and O–H groups in total. The number of oxazole rings is 1. The molecular formula is C25H20N6O4. The highest BCUT2D eigenvalue weighted by Crippen LogP contribution is 2.35. The second-order valence-electron chi connectivity index (χ2n) is 7.43. The summed E-state index contributed by atoms with van der Waals surface area (Å²) in [6, 6.07) is 10.6. The Morgan fingerprint density at radius 1 is 0.971 bits per heavy atom. The fourth-order valence-corrected chi connectivity index (χ4v) is 3.85. The molecule has 0 aliphatic carbocycles. The highest BCUT2D eigenvalue weighted by Gasteiger charge is 2.48. The Kier molecular flexibility index (Phi) is 5.86. The molecule has 10 nitrogen and oxygen atoms in total. The molecule has 1 atom stereocenters. The Balaban J connectivity index is 1.60. The Labute approximate surface area is 200 Å². The van der Waals surface area contributed by atoms with Crippen molar-refractivity contribution in [2.75, 3.05) is 19.5 Å². The quantitative estimate of drug-likeness (QED) is 0.381. The molecule has 35 heavy (non-hydrogen) atoms. The summed E-state index contributed by atoms with van der Waals surface area (Å²) >= 11 is 0. The lowest BCUT2D eigenvalue weighted by Crippen LogP contribution is -2.44. The number of ether oxygens (including phenoxy) is 2. The van der Waals surface area contributed by atoms with Crippen molar-refractivity contribution in [3.05, 3.63) is 91.4 Å². The number of anilines is 1. The number of carbonyl (C=O) groups excluding carboxylic acids is 1. The normalized spacial score (nSPS) is 12.7. The van der Waals surface area contributed by atoms with Gasteiger partial charge in [0.2, 0.25) is 11.8 Å². The number of hydrogen-bond acceptors (Lipinski definition) is 9. The highest BCUT2D eigenvalue weighted by atomic mass is 16.5. The molecule has 0 spiro atoms. The number of nitrogens with zero attached hydrogens (tertiary/aromatic N) is 5. The van der Waals surface area contributed by atoms with E-state index in [4.69, 9.17) is 13.9 Å². The minimum Gasteiger partial charge on any atom is -0.480 e. The topological polar surface area (TPSA) is 125 Å². The molecule has 1 amide bonds. The lowest BCUT2D eigenvalue weighted by Gasteiger charge is -2.27. The summed E-state index contributed by atoms with van der Waals surface area (Å²) in [6.45, 7) is 0. The van der Waals surface area contributed by atoms with E-state index in [0.29, 0.717) is 16.9 Å². The van der Waals surface area contributed by atoms with Crippen molar-refractivity contribution in [3.8, 4) is 17.0 Å². The van der Waals surface area contributed by atoms with Gasteiger partial charge in [0.25, 0.3) is 11.5 Å². The van der Waals surface area contributed by atoms with Gasteiger partial charge < -0.3 is 19.2 Å². The average molecular weight is 468 g/mol. The van der Waals surface area contributed by atoms with Crippen molar-refractivity contribution in [1.29, 1.82) is 0 Å². The molecule has 10 heteroatoms. The summed E-state index contributed by atoms with van der Waals surface area (Å²) in [5.74, 6) is -0.351. The Hall–Kier alpha value is -4.70. The third-order valence-corrected chi connectivity index (χ3v) is 5.50. The van der Waals surface area contributed by atoms with Gasteiger partial charge in [-0.2, -0.15) is 0 Å². The van der Waals surface area contributed by atoms with Gasteiger partial charge in [-0.1, -0.05) is 6.07 Å². The van der Waals surface area contributed by atoms with Gasteiger partial charge in [-0.3, -0.25) is 19.7 Å². The molecule has 5 heterocycles. The van der Waals surface area contributed by atoms with E-state index in [-0.39, 0.29) is 11.8 Å². The van der Waals surface area contributed by atoms with E-state index in [1.165, 1.54) is 26.7 Å². The van der Waals surface area contributed by atoms with Gasteiger partial charge in [0.15, 0.2) is 0 Å². The van der Waals surface area contributed by atoms with Crippen LogP contribution in [0.2, 0.25) is 0 Å². The van der Waals surface area contributed by atoms with Gasteiger partial charge in [-0.05, 0) is 30.3 Å². The van der Waals surface area contributed by atoms with Crippen LogP contribution in [0, 0.1) is 0 Å². The Morgan fingerprint density at radius 2 is 1.86 bits per heavy atom. The number of fused-ring (bicyclic) bond motifs is 1. The number of aromatic nitrogens is 5. The number of pyridine rings is 4. The smallest absolute Gasteiger partial charge is 0.272 e. The number of hydrogen-bond donors (Lipinski definition) is 1. The molecule has 174 valence electrons. The summed E-state index contributed by atoms with van der Waals surface area (Å²) < 4.78 is 16.7. The fourth-order valence-electron chi connectivity index (χ4n) is 3.85. The number of amides is 1. The summed E-state index contributed by atoms with van der Waals surface area (Å²) in [7, 11) is 2.85. The second-order valence-corrected chi connectivity index (χ2v) is 7.43. The zero-order chi connectivity index (χ0) is 24.3. The van der Waals surface area contributed by atoms with Gasteiger partial charge in [0.1, 0.15) is 12.0 Å². The minimum atomic E-state index is -1.76. The summed E-state index contributed by atoms with van der Waals surface area (Å²) in [5, 5.41) is 3.74. The molecule has 0 radical (unpaired) electrons.